The highest BCUT2D eigenvalue weighted by molar-refractivity contribution is 7.89. The summed E-state index contributed by atoms with van der Waals surface area (Å²) < 4.78 is 52.4. The first-order chi connectivity index (χ1) is 9.72. The van der Waals surface area contributed by atoms with Crippen molar-refractivity contribution in [1.82, 2.24) is 4.72 Å². The first kappa shape index (κ1) is 15.7. The number of sulfonamides is 1. The zero-order valence-corrected chi connectivity index (χ0v) is 11.4. The van der Waals surface area contributed by atoms with Crippen LogP contribution in [0.2, 0.25) is 0 Å². The molecule has 0 aromatic heterocycles. The third-order valence-corrected chi connectivity index (χ3v) is 4.57. The molecule has 10 heteroatoms. The van der Waals surface area contributed by atoms with E-state index in [2.05, 4.69) is 0 Å². The van der Waals surface area contributed by atoms with E-state index in [1.165, 1.54) is 0 Å². The summed E-state index contributed by atoms with van der Waals surface area (Å²) in [5.74, 6) is -2.90. The zero-order chi connectivity index (χ0) is 15.8. The molecule has 1 aromatic rings. The Bertz CT molecular complexity index is 675. The van der Waals surface area contributed by atoms with Crippen molar-refractivity contribution in [3.63, 3.8) is 0 Å². The molecule has 1 atom stereocenters. The Morgan fingerprint density at radius 2 is 2.00 bits per heavy atom. The number of aliphatic hydroxyl groups is 1. The first-order valence-electron chi connectivity index (χ1n) is 6.03. The number of benzene rings is 1. The van der Waals surface area contributed by atoms with Crippen molar-refractivity contribution in [1.29, 1.82) is 0 Å². The van der Waals surface area contributed by atoms with Crippen LogP contribution < -0.4 is 4.72 Å². The zero-order valence-electron chi connectivity index (χ0n) is 10.6. The number of halogens is 2. The van der Waals surface area contributed by atoms with E-state index in [4.69, 9.17) is 0 Å². The molecule has 1 aromatic carbocycles. The number of hydrogen-bond donors (Lipinski definition) is 2. The maximum absolute atomic E-state index is 13.5. The van der Waals surface area contributed by atoms with E-state index < -0.39 is 43.3 Å². The highest BCUT2D eigenvalue weighted by Crippen LogP contribution is 2.32. The number of nitro groups is 1. The van der Waals surface area contributed by atoms with Gasteiger partial charge in [-0.1, -0.05) is 0 Å². The molecule has 2 rings (SSSR count). The fraction of sp³-hybridized carbons (Fsp3) is 0.455. The highest BCUT2D eigenvalue weighted by atomic mass is 32.2. The van der Waals surface area contributed by atoms with Crippen molar-refractivity contribution >= 4 is 15.7 Å². The topological polar surface area (TPSA) is 110 Å². The Hall–Kier alpha value is -1.65. The van der Waals surface area contributed by atoms with E-state index in [9.17, 15) is 32.4 Å². The second-order valence-corrected chi connectivity index (χ2v) is 6.48. The standard InChI is InChI=1S/C11H12F2N2O5S/c12-7-3-8(13)11(4-9(7)15(17)18)21(19,20)14-5-10(16)6-1-2-6/h3-4,6,10,14,16H,1-2,5H2. The molecule has 0 amide bonds. The van der Waals surface area contributed by atoms with Gasteiger partial charge in [-0.25, -0.2) is 17.5 Å². The molecule has 1 unspecified atom stereocenters. The van der Waals surface area contributed by atoms with Gasteiger partial charge in [0, 0.05) is 18.7 Å². The molecule has 0 aliphatic heterocycles. The van der Waals surface area contributed by atoms with Crippen LogP contribution in [0.3, 0.4) is 0 Å². The van der Waals surface area contributed by atoms with Crippen molar-refractivity contribution in [3.8, 4) is 0 Å². The van der Waals surface area contributed by atoms with E-state index in [0.717, 1.165) is 12.8 Å². The lowest BCUT2D eigenvalue weighted by Gasteiger charge is -2.11. The number of nitrogens with zero attached hydrogens (tertiary/aromatic N) is 1. The van der Waals surface area contributed by atoms with Gasteiger partial charge in [0.05, 0.1) is 11.0 Å². The first-order valence-corrected chi connectivity index (χ1v) is 7.52. The minimum atomic E-state index is -4.42. The summed E-state index contributed by atoms with van der Waals surface area (Å²) in [7, 11) is -4.42. The summed E-state index contributed by atoms with van der Waals surface area (Å²) >= 11 is 0. The molecule has 116 valence electrons. The maximum Gasteiger partial charge on any atom is 0.306 e. The van der Waals surface area contributed by atoms with Crippen LogP contribution in [0.5, 0.6) is 0 Å². The second-order valence-electron chi connectivity index (χ2n) is 4.75. The quantitative estimate of drug-likeness (QED) is 0.598. The average molecular weight is 322 g/mol. The molecule has 1 fully saturated rings. The van der Waals surface area contributed by atoms with Gasteiger partial charge < -0.3 is 5.11 Å². The number of rotatable bonds is 6. The summed E-state index contributed by atoms with van der Waals surface area (Å²) in [6.45, 7) is -0.336. The third kappa shape index (κ3) is 3.52. The van der Waals surface area contributed by atoms with E-state index in [-0.39, 0.29) is 18.5 Å². The van der Waals surface area contributed by atoms with Crippen molar-refractivity contribution in [2.24, 2.45) is 5.92 Å². The van der Waals surface area contributed by atoms with Crippen molar-refractivity contribution < 1.29 is 27.2 Å². The normalized spacial score (nSPS) is 16.7. The monoisotopic (exact) mass is 322 g/mol. The molecule has 1 aliphatic carbocycles. The van der Waals surface area contributed by atoms with E-state index in [0.29, 0.717) is 6.07 Å². The number of aliphatic hydroxyl groups excluding tert-OH is 1. The van der Waals surface area contributed by atoms with Crippen LogP contribution in [-0.4, -0.2) is 31.1 Å². The molecule has 1 aliphatic rings. The molecule has 0 radical (unpaired) electrons. The summed E-state index contributed by atoms with van der Waals surface area (Å²) in [6.07, 6.45) is 0.650. The Balaban J connectivity index is 2.26. The molecule has 0 saturated heterocycles. The number of nitrogens with one attached hydrogen (secondary N) is 1. The fourth-order valence-electron chi connectivity index (χ4n) is 1.78. The van der Waals surface area contributed by atoms with Crippen LogP contribution in [0.25, 0.3) is 0 Å². The Morgan fingerprint density at radius 1 is 1.38 bits per heavy atom. The van der Waals surface area contributed by atoms with Gasteiger partial charge >= 0.3 is 5.69 Å². The van der Waals surface area contributed by atoms with Crippen molar-refractivity contribution in [2.45, 2.75) is 23.8 Å². The summed E-state index contributed by atoms with van der Waals surface area (Å²) in [6, 6.07) is 0.459. The van der Waals surface area contributed by atoms with Crippen LogP contribution in [0, 0.1) is 27.7 Å². The highest BCUT2D eigenvalue weighted by Gasteiger charge is 2.32. The van der Waals surface area contributed by atoms with Crippen molar-refractivity contribution in [3.05, 3.63) is 33.9 Å². The molecule has 0 heterocycles. The molecule has 1 saturated carbocycles. The van der Waals surface area contributed by atoms with Crippen LogP contribution >= 0.6 is 0 Å². The smallest absolute Gasteiger partial charge is 0.306 e. The van der Waals surface area contributed by atoms with Gasteiger partial charge in [0.15, 0.2) is 0 Å². The van der Waals surface area contributed by atoms with Gasteiger partial charge in [0.25, 0.3) is 0 Å². The van der Waals surface area contributed by atoms with Crippen LogP contribution in [0.4, 0.5) is 14.5 Å². The minimum Gasteiger partial charge on any atom is -0.391 e. The predicted molar refractivity (Wildman–Crippen MR) is 66.9 cm³/mol. The van der Waals surface area contributed by atoms with Crippen molar-refractivity contribution in [2.75, 3.05) is 6.54 Å². The second kappa shape index (κ2) is 5.62. The Labute approximate surface area is 118 Å². The van der Waals surface area contributed by atoms with Crippen LogP contribution in [-0.2, 0) is 10.0 Å². The van der Waals surface area contributed by atoms with E-state index >= 15 is 0 Å². The van der Waals surface area contributed by atoms with Gasteiger partial charge in [-0.15, -0.1) is 0 Å². The average Bonchev–Trinajstić information content (AvgIpc) is 3.19. The van der Waals surface area contributed by atoms with E-state index in [1.54, 1.807) is 0 Å². The molecule has 0 spiro atoms. The summed E-state index contributed by atoms with van der Waals surface area (Å²) in [4.78, 5) is 8.39. The number of hydrogen-bond acceptors (Lipinski definition) is 5. The SMILES string of the molecule is O=[N+]([O-])c1cc(S(=O)(=O)NCC(O)C2CC2)c(F)cc1F. The third-order valence-electron chi connectivity index (χ3n) is 3.14. The predicted octanol–water partition coefficient (Wildman–Crippen LogP) is 0.922. The Morgan fingerprint density at radius 3 is 2.52 bits per heavy atom. The van der Waals surface area contributed by atoms with Gasteiger partial charge in [-0.3, -0.25) is 10.1 Å². The summed E-state index contributed by atoms with van der Waals surface area (Å²) in [5.41, 5.74) is -1.14. The van der Waals surface area contributed by atoms with E-state index in [1.807, 2.05) is 4.72 Å². The Kier molecular flexibility index (Phi) is 4.21. The number of nitro benzene ring substituents is 1. The largest absolute Gasteiger partial charge is 0.391 e. The van der Waals surface area contributed by atoms with Gasteiger partial charge in [0.2, 0.25) is 15.8 Å². The molecule has 7 nitrogen and oxygen atoms in total. The maximum atomic E-state index is 13.5. The lowest BCUT2D eigenvalue weighted by atomic mass is 10.2. The molecule has 0 bridgehead atoms. The molecular formula is C11H12F2N2O5S. The lowest BCUT2D eigenvalue weighted by Crippen LogP contribution is -2.33. The molecular weight excluding hydrogens is 310 g/mol. The van der Waals surface area contributed by atoms with Gasteiger partial charge in [0.1, 0.15) is 10.7 Å². The summed E-state index contributed by atoms with van der Waals surface area (Å²) in [5, 5.41) is 20.1. The fourth-order valence-corrected chi connectivity index (χ4v) is 2.91. The lowest BCUT2D eigenvalue weighted by molar-refractivity contribution is -0.387. The van der Waals surface area contributed by atoms with Crippen LogP contribution in [0.15, 0.2) is 17.0 Å². The van der Waals surface area contributed by atoms with Crippen LogP contribution in [0.1, 0.15) is 12.8 Å². The van der Waals surface area contributed by atoms with Gasteiger partial charge in [-0.2, -0.15) is 4.39 Å². The van der Waals surface area contributed by atoms with Gasteiger partial charge in [-0.05, 0) is 18.8 Å². The molecule has 2 N–H and O–H groups in total. The minimum absolute atomic E-state index is 0.0000934. The molecule has 21 heavy (non-hydrogen) atoms.